The van der Waals surface area contributed by atoms with E-state index in [4.69, 9.17) is 16.3 Å². The lowest BCUT2D eigenvalue weighted by molar-refractivity contribution is -0.0272. The van der Waals surface area contributed by atoms with E-state index in [-0.39, 0.29) is 29.8 Å². The predicted molar refractivity (Wildman–Crippen MR) is 119 cm³/mol. The van der Waals surface area contributed by atoms with Crippen LogP contribution in [0.1, 0.15) is 24.2 Å². The average molecular weight is 448 g/mol. The number of hydrogen-bond donors (Lipinski definition) is 1. The van der Waals surface area contributed by atoms with Crippen molar-refractivity contribution in [3.05, 3.63) is 64.9 Å². The third-order valence-electron chi connectivity index (χ3n) is 4.89. The van der Waals surface area contributed by atoms with E-state index in [9.17, 15) is 14.0 Å². The molecule has 0 saturated carbocycles. The van der Waals surface area contributed by atoms with Gasteiger partial charge in [0.1, 0.15) is 5.82 Å². The first-order valence-electron chi connectivity index (χ1n) is 10.3. The van der Waals surface area contributed by atoms with Crippen molar-refractivity contribution in [2.45, 2.75) is 20.0 Å². The minimum Gasteiger partial charge on any atom is -0.373 e. The summed E-state index contributed by atoms with van der Waals surface area (Å²) in [5.41, 5.74) is 1.04. The number of carbonyl (C=O) groups is 2. The van der Waals surface area contributed by atoms with Crippen LogP contribution in [0.4, 0.5) is 14.9 Å². The molecule has 1 fully saturated rings. The molecule has 0 aromatic heterocycles. The van der Waals surface area contributed by atoms with E-state index in [1.165, 1.54) is 24.3 Å². The number of carbonyl (C=O) groups excluding carboxylic acids is 2. The Labute approximate surface area is 186 Å². The fourth-order valence-electron chi connectivity index (χ4n) is 3.49. The maximum Gasteiger partial charge on any atom is 0.322 e. The molecule has 31 heavy (non-hydrogen) atoms. The molecule has 1 heterocycles. The molecule has 0 bridgehead atoms. The van der Waals surface area contributed by atoms with Crippen LogP contribution in [0.2, 0.25) is 5.02 Å². The lowest BCUT2D eigenvalue weighted by atomic mass is 10.1. The van der Waals surface area contributed by atoms with Crippen molar-refractivity contribution in [2.24, 2.45) is 5.92 Å². The van der Waals surface area contributed by atoms with E-state index in [1.807, 2.05) is 13.8 Å². The molecule has 3 amide bonds. The Morgan fingerprint density at radius 1 is 1.26 bits per heavy atom. The third kappa shape index (κ3) is 6.67. The molecule has 1 aliphatic heterocycles. The Morgan fingerprint density at radius 2 is 2.00 bits per heavy atom. The van der Waals surface area contributed by atoms with Crippen LogP contribution in [0.15, 0.2) is 48.5 Å². The highest BCUT2D eigenvalue weighted by Crippen LogP contribution is 2.17. The highest BCUT2D eigenvalue weighted by atomic mass is 35.5. The number of hydrogen-bond acceptors (Lipinski definition) is 3. The molecule has 8 heteroatoms. The molecule has 1 N–H and O–H groups in total. The number of nitrogens with zero attached hydrogens (tertiary/aromatic N) is 2. The van der Waals surface area contributed by atoms with Crippen molar-refractivity contribution >= 4 is 29.2 Å². The number of benzene rings is 2. The van der Waals surface area contributed by atoms with Gasteiger partial charge >= 0.3 is 6.03 Å². The van der Waals surface area contributed by atoms with Crippen molar-refractivity contribution < 1.29 is 18.7 Å². The Bertz CT molecular complexity index is 907. The van der Waals surface area contributed by atoms with E-state index >= 15 is 0 Å². The summed E-state index contributed by atoms with van der Waals surface area (Å²) in [6.07, 6.45) is -0.318. The summed E-state index contributed by atoms with van der Waals surface area (Å²) < 4.78 is 19.1. The summed E-state index contributed by atoms with van der Waals surface area (Å²) in [6, 6.07) is 12.2. The monoisotopic (exact) mass is 447 g/mol. The summed E-state index contributed by atoms with van der Waals surface area (Å²) in [5, 5.41) is 3.39. The Balaban J connectivity index is 1.64. The number of ether oxygens (including phenoxy) is 1. The van der Waals surface area contributed by atoms with Crippen LogP contribution in [0, 0.1) is 11.7 Å². The minimum absolute atomic E-state index is 0.183. The Hall–Kier alpha value is -2.64. The Kier molecular flexibility index (Phi) is 7.87. The van der Waals surface area contributed by atoms with Gasteiger partial charge in [-0.25, -0.2) is 9.18 Å². The molecule has 1 aliphatic rings. The average Bonchev–Trinajstić information content (AvgIpc) is 2.73. The molecular weight excluding hydrogens is 421 g/mol. The molecule has 6 nitrogen and oxygen atoms in total. The smallest absolute Gasteiger partial charge is 0.322 e. The molecule has 1 atom stereocenters. The second kappa shape index (κ2) is 10.6. The first-order chi connectivity index (χ1) is 14.8. The number of nitrogens with one attached hydrogen (secondary N) is 1. The zero-order valence-electron chi connectivity index (χ0n) is 17.7. The third-order valence-corrected chi connectivity index (χ3v) is 5.12. The van der Waals surface area contributed by atoms with Crippen LogP contribution < -0.4 is 5.32 Å². The summed E-state index contributed by atoms with van der Waals surface area (Å²) in [7, 11) is 0. The van der Waals surface area contributed by atoms with Crippen LogP contribution in [0.5, 0.6) is 0 Å². The molecule has 166 valence electrons. The molecule has 0 aliphatic carbocycles. The molecular formula is C23H27ClFN3O3. The maximum absolute atomic E-state index is 13.2. The van der Waals surface area contributed by atoms with Crippen molar-refractivity contribution in [2.75, 3.05) is 38.1 Å². The lowest BCUT2D eigenvalue weighted by Crippen LogP contribution is -2.52. The van der Waals surface area contributed by atoms with Crippen LogP contribution >= 0.6 is 11.6 Å². The number of rotatable bonds is 6. The summed E-state index contributed by atoms with van der Waals surface area (Å²) in [4.78, 5) is 29.1. The second-order valence-electron chi connectivity index (χ2n) is 7.99. The fraction of sp³-hybridized carbons (Fsp3) is 0.391. The van der Waals surface area contributed by atoms with Gasteiger partial charge in [0.15, 0.2) is 0 Å². The van der Waals surface area contributed by atoms with Crippen LogP contribution in [0.25, 0.3) is 0 Å². The molecule has 3 rings (SSSR count). The Morgan fingerprint density at radius 3 is 2.68 bits per heavy atom. The van der Waals surface area contributed by atoms with Gasteiger partial charge in [0.25, 0.3) is 5.91 Å². The van der Waals surface area contributed by atoms with Crippen molar-refractivity contribution in [3.8, 4) is 0 Å². The molecule has 1 unspecified atom stereocenters. The molecule has 0 radical (unpaired) electrons. The standard InChI is InChI=1S/C23H27ClFN3O3/c1-16(2)13-28(22(29)17-6-8-19(25)9-7-17)15-21-14-27(10-11-31-21)23(30)26-20-5-3-4-18(24)12-20/h3-9,12,16,21H,10-11,13-15H2,1-2H3,(H,26,30). The van der Waals surface area contributed by atoms with Gasteiger partial charge in [0, 0.05) is 35.9 Å². The van der Waals surface area contributed by atoms with Gasteiger partial charge in [-0.15, -0.1) is 0 Å². The minimum atomic E-state index is -0.385. The first kappa shape index (κ1) is 23.0. The van der Waals surface area contributed by atoms with E-state index in [2.05, 4.69) is 5.32 Å². The van der Waals surface area contributed by atoms with Gasteiger partial charge in [-0.3, -0.25) is 4.79 Å². The van der Waals surface area contributed by atoms with Crippen LogP contribution in [-0.4, -0.2) is 60.6 Å². The van der Waals surface area contributed by atoms with Gasteiger partial charge in [-0.05, 0) is 48.4 Å². The van der Waals surface area contributed by atoms with Crippen molar-refractivity contribution in [3.63, 3.8) is 0 Å². The van der Waals surface area contributed by atoms with E-state index in [0.717, 1.165) is 0 Å². The zero-order chi connectivity index (χ0) is 22.4. The van der Waals surface area contributed by atoms with Gasteiger partial charge in [-0.2, -0.15) is 0 Å². The normalized spacial score (nSPS) is 16.3. The predicted octanol–water partition coefficient (Wildman–Crippen LogP) is 4.51. The number of halogens is 2. The van der Waals surface area contributed by atoms with E-state index < -0.39 is 0 Å². The number of amides is 3. The molecule has 0 spiro atoms. The molecule has 2 aromatic rings. The highest BCUT2D eigenvalue weighted by molar-refractivity contribution is 6.30. The van der Waals surface area contributed by atoms with Gasteiger partial charge in [-0.1, -0.05) is 31.5 Å². The second-order valence-corrected chi connectivity index (χ2v) is 8.43. The summed E-state index contributed by atoms with van der Waals surface area (Å²) in [6.45, 7) is 6.12. The van der Waals surface area contributed by atoms with Gasteiger partial charge < -0.3 is 19.9 Å². The van der Waals surface area contributed by atoms with Gasteiger partial charge in [0.05, 0.1) is 19.3 Å². The highest BCUT2D eigenvalue weighted by Gasteiger charge is 2.28. The number of anilines is 1. The summed E-state index contributed by atoms with van der Waals surface area (Å²) in [5.74, 6) is -0.322. The van der Waals surface area contributed by atoms with Crippen LogP contribution in [0.3, 0.4) is 0 Å². The SMILES string of the molecule is CC(C)CN(CC1CN(C(=O)Nc2cccc(Cl)c2)CCO1)C(=O)c1ccc(F)cc1. The first-order valence-corrected chi connectivity index (χ1v) is 10.7. The molecule has 1 saturated heterocycles. The largest absolute Gasteiger partial charge is 0.373 e. The van der Waals surface area contributed by atoms with Gasteiger partial charge in [0.2, 0.25) is 0 Å². The van der Waals surface area contributed by atoms with Crippen LogP contribution in [-0.2, 0) is 4.74 Å². The summed E-state index contributed by atoms with van der Waals surface area (Å²) >= 11 is 5.98. The number of morpholine rings is 1. The number of urea groups is 1. The molecule has 2 aromatic carbocycles. The van der Waals surface area contributed by atoms with E-state index in [0.29, 0.717) is 49.1 Å². The van der Waals surface area contributed by atoms with E-state index in [1.54, 1.807) is 34.1 Å². The zero-order valence-corrected chi connectivity index (χ0v) is 18.4. The maximum atomic E-state index is 13.2. The van der Waals surface area contributed by atoms with Crippen molar-refractivity contribution in [1.82, 2.24) is 9.80 Å². The lowest BCUT2D eigenvalue weighted by Gasteiger charge is -2.36. The fourth-order valence-corrected chi connectivity index (χ4v) is 3.68. The van der Waals surface area contributed by atoms with Crippen molar-refractivity contribution in [1.29, 1.82) is 0 Å². The quantitative estimate of drug-likeness (QED) is 0.708. The topological polar surface area (TPSA) is 61.9 Å².